The standard InChI is InChI=1S/C20H30N4O3.ClH/c1-15-5-11-23(12-6-15)17-4-3-16(13-18(17)24(26)27)19(25)22-14-20(2)7-9-21-10-8-20;/h3-4,13,15,21H,5-12,14H2,1-2H3,(H,22,25);1H. The van der Waals surface area contributed by atoms with Gasteiger partial charge in [0.1, 0.15) is 5.69 Å². The van der Waals surface area contributed by atoms with E-state index in [1.807, 2.05) is 0 Å². The molecular weight excluding hydrogens is 380 g/mol. The molecule has 0 spiro atoms. The number of amides is 1. The second-order valence-corrected chi connectivity index (χ2v) is 8.37. The summed E-state index contributed by atoms with van der Waals surface area (Å²) in [5.41, 5.74) is 1.07. The highest BCUT2D eigenvalue weighted by Crippen LogP contribution is 2.32. The summed E-state index contributed by atoms with van der Waals surface area (Å²) in [4.78, 5) is 25.9. The van der Waals surface area contributed by atoms with Crippen LogP contribution in [0.15, 0.2) is 18.2 Å². The Bertz CT molecular complexity index is 699. The zero-order valence-electron chi connectivity index (χ0n) is 16.7. The highest BCUT2D eigenvalue weighted by molar-refractivity contribution is 5.95. The number of nitrogens with zero attached hydrogens (tertiary/aromatic N) is 2. The van der Waals surface area contributed by atoms with Crippen LogP contribution in [-0.4, -0.2) is 43.6 Å². The van der Waals surface area contributed by atoms with Gasteiger partial charge in [-0.05, 0) is 62.2 Å². The molecule has 2 aliphatic rings. The summed E-state index contributed by atoms with van der Waals surface area (Å²) in [6.07, 6.45) is 4.10. The van der Waals surface area contributed by atoms with Crippen LogP contribution in [0.1, 0.15) is 49.9 Å². The third-order valence-corrected chi connectivity index (χ3v) is 6.05. The first-order valence-electron chi connectivity index (χ1n) is 9.90. The van der Waals surface area contributed by atoms with Gasteiger partial charge in [0.2, 0.25) is 0 Å². The molecule has 2 N–H and O–H groups in total. The van der Waals surface area contributed by atoms with Crippen molar-refractivity contribution in [2.45, 2.75) is 39.5 Å². The van der Waals surface area contributed by atoms with Gasteiger partial charge in [0.05, 0.1) is 4.92 Å². The van der Waals surface area contributed by atoms with Gasteiger partial charge in [0.15, 0.2) is 0 Å². The highest BCUT2D eigenvalue weighted by Gasteiger charge is 2.28. The molecule has 0 bridgehead atoms. The van der Waals surface area contributed by atoms with E-state index in [4.69, 9.17) is 0 Å². The average Bonchev–Trinajstić information content (AvgIpc) is 2.67. The third-order valence-electron chi connectivity index (χ3n) is 6.05. The smallest absolute Gasteiger partial charge is 0.293 e. The molecule has 2 saturated heterocycles. The highest BCUT2D eigenvalue weighted by atomic mass is 35.5. The van der Waals surface area contributed by atoms with Crippen LogP contribution in [0.4, 0.5) is 11.4 Å². The van der Waals surface area contributed by atoms with Crippen molar-refractivity contribution < 1.29 is 9.72 Å². The Kier molecular flexibility index (Phi) is 7.66. The molecule has 0 saturated carbocycles. The molecule has 2 aliphatic heterocycles. The van der Waals surface area contributed by atoms with Gasteiger partial charge in [-0.1, -0.05) is 13.8 Å². The van der Waals surface area contributed by atoms with Crippen LogP contribution in [0.25, 0.3) is 0 Å². The maximum Gasteiger partial charge on any atom is 0.293 e. The minimum absolute atomic E-state index is 0. The van der Waals surface area contributed by atoms with Crippen LogP contribution in [0, 0.1) is 21.4 Å². The molecule has 0 aromatic heterocycles. The predicted molar refractivity (Wildman–Crippen MR) is 113 cm³/mol. The molecule has 2 heterocycles. The van der Waals surface area contributed by atoms with E-state index in [0.29, 0.717) is 23.7 Å². The lowest BCUT2D eigenvalue weighted by Gasteiger charge is -2.34. The lowest BCUT2D eigenvalue weighted by atomic mass is 9.81. The largest absolute Gasteiger partial charge is 0.366 e. The van der Waals surface area contributed by atoms with Crippen molar-refractivity contribution in [3.63, 3.8) is 0 Å². The van der Waals surface area contributed by atoms with Gasteiger partial charge in [0, 0.05) is 31.3 Å². The molecule has 156 valence electrons. The minimum atomic E-state index is -0.377. The number of hydrogen-bond donors (Lipinski definition) is 2. The topological polar surface area (TPSA) is 87.5 Å². The van der Waals surface area contributed by atoms with Gasteiger partial charge < -0.3 is 15.5 Å². The number of piperidine rings is 2. The Morgan fingerprint density at radius 3 is 2.57 bits per heavy atom. The molecule has 1 aromatic carbocycles. The predicted octanol–water partition coefficient (Wildman–Crippen LogP) is 3.37. The maximum absolute atomic E-state index is 12.6. The number of nitro benzene ring substituents is 1. The van der Waals surface area contributed by atoms with Crippen LogP contribution in [-0.2, 0) is 0 Å². The van der Waals surface area contributed by atoms with Crippen LogP contribution < -0.4 is 15.5 Å². The molecule has 1 aromatic rings. The monoisotopic (exact) mass is 410 g/mol. The molecular formula is C20H31ClN4O3. The normalized spacial score (nSPS) is 19.6. The number of benzene rings is 1. The molecule has 28 heavy (non-hydrogen) atoms. The summed E-state index contributed by atoms with van der Waals surface area (Å²) in [5.74, 6) is 0.415. The van der Waals surface area contributed by atoms with Crippen molar-refractivity contribution in [3.8, 4) is 0 Å². The van der Waals surface area contributed by atoms with Gasteiger partial charge in [-0.3, -0.25) is 14.9 Å². The first kappa shape index (κ1) is 22.4. The fraction of sp³-hybridized carbons (Fsp3) is 0.650. The fourth-order valence-corrected chi connectivity index (χ4v) is 3.93. The minimum Gasteiger partial charge on any atom is -0.366 e. The zero-order chi connectivity index (χ0) is 19.4. The molecule has 0 radical (unpaired) electrons. The average molecular weight is 411 g/mol. The fourth-order valence-electron chi connectivity index (χ4n) is 3.93. The van der Waals surface area contributed by atoms with Crippen LogP contribution in [0.3, 0.4) is 0 Å². The van der Waals surface area contributed by atoms with Crippen molar-refractivity contribution in [2.75, 3.05) is 37.6 Å². The zero-order valence-corrected chi connectivity index (χ0v) is 17.5. The van der Waals surface area contributed by atoms with E-state index < -0.39 is 0 Å². The van der Waals surface area contributed by atoms with Gasteiger partial charge in [-0.2, -0.15) is 0 Å². The first-order chi connectivity index (χ1) is 12.9. The van der Waals surface area contributed by atoms with Crippen LogP contribution >= 0.6 is 12.4 Å². The van der Waals surface area contributed by atoms with Gasteiger partial charge in [-0.25, -0.2) is 0 Å². The van der Waals surface area contributed by atoms with Crippen molar-refractivity contribution in [3.05, 3.63) is 33.9 Å². The number of carbonyl (C=O) groups is 1. The van der Waals surface area contributed by atoms with Crippen LogP contribution in [0.5, 0.6) is 0 Å². The first-order valence-corrected chi connectivity index (χ1v) is 9.90. The summed E-state index contributed by atoms with van der Waals surface area (Å²) >= 11 is 0. The number of nitrogens with one attached hydrogen (secondary N) is 2. The van der Waals surface area contributed by atoms with Crippen molar-refractivity contribution >= 4 is 29.7 Å². The van der Waals surface area contributed by atoms with Crippen molar-refractivity contribution in [1.82, 2.24) is 10.6 Å². The Balaban J connectivity index is 0.00000280. The quantitative estimate of drug-likeness (QED) is 0.574. The molecule has 7 nitrogen and oxygen atoms in total. The van der Waals surface area contributed by atoms with E-state index in [2.05, 4.69) is 29.4 Å². The molecule has 2 fully saturated rings. The molecule has 0 unspecified atom stereocenters. The summed E-state index contributed by atoms with van der Waals surface area (Å²) in [6, 6.07) is 4.86. The van der Waals surface area contributed by atoms with E-state index in [9.17, 15) is 14.9 Å². The van der Waals surface area contributed by atoms with E-state index >= 15 is 0 Å². The number of nitro groups is 1. The molecule has 0 atom stereocenters. The number of hydrogen-bond acceptors (Lipinski definition) is 5. The summed E-state index contributed by atoms with van der Waals surface area (Å²) in [6.45, 7) is 8.54. The number of rotatable bonds is 5. The SMILES string of the molecule is CC1CCN(c2ccc(C(=O)NCC3(C)CCNCC3)cc2[N+](=O)[O-])CC1.Cl. The summed E-state index contributed by atoms with van der Waals surface area (Å²) in [5, 5.41) is 17.9. The van der Waals surface area contributed by atoms with Crippen molar-refractivity contribution in [2.24, 2.45) is 11.3 Å². The van der Waals surface area contributed by atoms with Gasteiger partial charge in [-0.15, -0.1) is 12.4 Å². The number of anilines is 1. The Morgan fingerprint density at radius 2 is 1.96 bits per heavy atom. The second-order valence-electron chi connectivity index (χ2n) is 8.37. The molecule has 1 amide bonds. The molecule has 0 aliphatic carbocycles. The van der Waals surface area contributed by atoms with E-state index in [1.165, 1.54) is 6.07 Å². The van der Waals surface area contributed by atoms with E-state index in [-0.39, 0.29) is 34.3 Å². The summed E-state index contributed by atoms with van der Waals surface area (Å²) in [7, 11) is 0. The molecule has 8 heteroatoms. The molecule has 3 rings (SSSR count). The summed E-state index contributed by atoms with van der Waals surface area (Å²) < 4.78 is 0. The van der Waals surface area contributed by atoms with Crippen LogP contribution in [0.2, 0.25) is 0 Å². The lowest BCUT2D eigenvalue weighted by molar-refractivity contribution is -0.384. The number of halogens is 1. The Hall–Kier alpha value is -1.86. The Labute approximate surface area is 172 Å². The van der Waals surface area contributed by atoms with Gasteiger partial charge >= 0.3 is 0 Å². The van der Waals surface area contributed by atoms with Gasteiger partial charge in [0.25, 0.3) is 11.6 Å². The Morgan fingerprint density at radius 1 is 1.32 bits per heavy atom. The maximum atomic E-state index is 12.6. The third kappa shape index (κ3) is 5.35. The number of carbonyl (C=O) groups excluding carboxylic acids is 1. The second kappa shape index (κ2) is 9.56. The van der Waals surface area contributed by atoms with E-state index in [0.717, 1.165) is 51.9 Å². The van der Waals surface area contributed by atoms with Crippen molar-refractivity contribution in [1.29, 1.82) is 0 Å². The lowest BCUT2D eigenvalue weighted by Crippen LogP contribution is -2.42. The van der Waals surface area contributed by atoms with E-state index in [1.54, 1.807) is 12.1 Å².